The number of hydrogen-bond acceptors (Lipinski definition) is 3. The fourth-order valence-corrected chi connectivity index (χ4v) is 3.49. The molecule has 1 aromatic heterocycles. The van der Waals surface area contributed by atoms with Crippen molar-refractivity contribution in [2.45, 2.75) is 38.1 Å². The number of fused-ring (bicyclic) bond motifs is 1. The number of nitrogens with one attached hydrogen (secondary N) is 2. The maximum Gasteiger partial charge on any atom is 0.268 e. The molecule has 0 aliphatic heterocycles. The molecule has 130 valence electrons. The van der Waals surface area contributed by atoms with Gasteiger partial charge in [0.1, 0.15) is 5.69 Å². The summed E-state index contributed by atoms with van der Waals surface area (Å²) in [6.07, 6.45) is 5.88. The van der Waals surface area contributed by atoms with E-state index in [1.54, 1.807) is 12.1 Å². The molecule has 0 spiro atoms. The fourth-order valence-electron chi connectivity index (χ4n) is 3.49. The maximum atomic E-state index is 12.5. The van der Waals surface area contributed by atoms with Crippen molar-refractivity contribution < 1.29 is 4.79 Å². The van der Waals surface area contributed by atoms with Crippen LogP contribution in [0.4, 0.5) is 0 Å². The van der Waals surface area contributed by atoms with Gasteiger partial charge in [0.2, 0.25) is 0 Å². The van der Waals surface area contributed by atoms with Gasteiger partial charge >= 0.3 is 0 Å². The number of H-pyrrole nitrogens is 1. The highest BCUT2D eigenvalue weighted by Crippen LogP contribution is 2.26. The van der Waals surface area contributed by atoms with Crippen molar-refractivity contribution in [2.24, 2.45) is 11.7 Å². The van der Waals surface area contributed by atoms with Gasteiger partial charge in [0.05, 0.1) is 0 Å². The van der Waals surface area contributed by atoms with Crippen LogP contribution in [0.5, 0.6) is 0 Å². The number of carbonyl (C=O) groups excluding carboxylic acids is 1. The summed E-state index contributed by atoms with van der Waals surface area (Å²) in [7, 11) is 0. The van der Waals surface area contributed by atoms with Crippen LogP contribution < -0.4 is 16.6 Å². The standard InChI is InChI=1S/C18H23N3O2.ClH/c19-11-16(12-6-2-1-3-7-12)21-18(23)15-10-13-8-4-5-9-14(13)17(22)20-15;/h4-5,8-10,12,16H,1-3,6-7,11,19H2,(H,20,22)(H,21,23);1H. The maximum absolute atomic E-state index is 12.5. The van der Waals surface area contributed by atoms with E-state index < -0.39 is 0 Å². The lowest BCUT2D eigenvalue weighted by Crippen LogP contribution is -2.46. The molecule has 2 aromatic rings. The summed E-state index contributed by atoms with van der Waals surface area (Å²) in [6, 6.07) is 8.95. The third-order valence-electron chi connectivity index (χ3n) is 4.79. The average Bonchev–Trinajstić information content (AvgIpc) is 2.60. The number of aromatic nitrogens is 1. The molecule has 1 heterocycles. The first-order valence-electron chi connectivity index (χ1n) is 8.32. The van der Waals surface area contributed by atoms with Crippen LogP contribution in [0.25, 0.3) is 10.8 Å². The van der Waals surface area contributed by atoms with Gasteiger partial charge in [-0.2, -0.15) is 0 Å². The second-order valence-corrected chi connectivity index (χ2v) is 6.31. The zero-order valence-corrected chi connectivity index (χ0v) is 14.4. The molecule has 24 heavy (non-hydrogen) atoms. The minimum Gasteiger partial charge on any atom is -0.346 e. The highest BCUT2D eigenvalue weighted by atomic mass is 35.5. The molecule has 5 nitrogen and oxygen atoms in total. The molecular formula is C18H24ClN3O2. The van der Waals surface area contributed by atoms with Crippen molar-refractivity contribution in [3.05, 3.63) is 46.4 Å². The Labute approximate surface area is 147 Å². The number of carbonyl (C=O) groups is 1. The van der Waals surface area contributed by atoms with Crippen molar-refractivity contribution >= 4 is 29.1 Å². The lowest BCUT2D eigenvalue weighted by molar-refractivity contribution is 0.0910. The Hall–Kier alpha value is -1.85. The molecular weight excluding hydrogens is 326 g/mol. The number of rotatable bonds is 4. The first-order chi connectivity index (χ1) is 11.2. The number of benzene rings is 1. The van der Waals surface area contributed by atoms with Gasteiger partial charge in [-0.1, -0.05) is 37.5 Å². The van der Waals surface area contributed by atoms with E-state index in [-0.39, 0.29) is 29.9 Å². The average molecular weight is 350 g/mol. The van der Waals surface area contributed by atoms with E-state index in [4.69, 9.17) is 5.73 Å². The van der Waals surface area contributed by atoms with Gasteiger partial charge in [-0.05, 0) is 36.3 Å². The normalized spacial score (nSPS) is 16.4. The highest BCUT2D eigenvalue weighted by molar-refractivity contribution is 5.96. The number of nitrogens with two attached hydrogens (primary N) is 1. The zero-order valence-electron chi connectivity index (χ0n) is 13.6. The Bertz CT molecular complexity index is 753. The smallest absolute Gasteiger partial charge is 0.268 e. The fraction of sp³-hybridized carbons (Fsp3) is 0.444. The number of amides is 1. The van der Waals surface area contributed by atoms with E-state index in [0.717, 1.165) is 18.2 Å². The van der Waals surface area contributed by atoms with E-state index in [1.165, 1.54) is 19.3 Å². The van der Waals surface area contributed by atoms with Crippen molar-refractivity contribution in [1.82, 2.24) is 10.3 Å². The van der Waals surface area contributed by atoms with Crippen LogP contribution >= 0.6 is 12.4 Å². The Morgan fingerprint density at radius 3 is 2.67 bits per heavy atom. The second-order valence-electron chi connectivity index (χ2n) is 6.31. The lowest BCUT2D eigenvalue weighted by Gasteiger charge is -2.30. The molecule has 1 fully saturated rings. The van der Waals surface area contributed by atoms with E-state index in [2.05, 4.69) is 10.3 Å². The van der Waals surface area contributed by atoms with Crippen molar-refractivity contribution in [2.75, 3.05) is 6.54 Å². The van der Waals surface area contributed by atoms with E-state index in [0.29, 0.717) is 23.5 Å². The summed E-state index contributed by atoms with van der Waals surface area (Å²) in [6.45, 7) is 0.425. The predicted octanol–water partition coefficient (Wildman–Crippen LogP) is 2.59. The molecule has 6 heteroatoms. The molecule has 0 radical (unpaired) electrons. The van der Waals surface area contributed by atoms with Crippen LogP contribution in [-0.4, -0.2) is 23.5 Å². The summed E-state index contributed by atoms with van der Waals surface area (Å²) in [5.41, 5.74) is 5.92. The van der Waals surface area contributed by atoms with Gasteiger partial charge in [0.15, 0.2) is 0 Å². The second kappa shape index (κ2) is 8.31. The van der Waals surface area contributed by atoms with Crippen LogP contribution in [0.2, 0.25) is 0 Å². The Kier molecular flexibility index (Phi) is 6.40. The van der Waals surface area contributed by atoms with E-state index >= 15 is 0 Å². The zero-order chi connectivity index (χ0) is 16.2. The number of halogens is 1. The summed E-state index contributed by atoms with van der Waals surface area (Å²) in [4.78, 5) is 27.3. The Morgan fingerprint density at radius 1 is 1.25 bits per heavy atom. The summed E-state index contributed by atoms with van der Waals surface area (Å²) in [5, 5.41) is 4.37. The quantitative estimate of drug-likeness (QED) is 0.792. The minimum absolute atomic E-state index is 0. The monoisotopic (exact) mass is 349 g/mol. The van der Waals surface area contributed by atoms with Gasteiger partial charge < -0.3 is 16.0 Å². The Morgan fingerprint density at radius 2 is 1.96 bits per heavy atom. The van der Waals surface area contributed by atoms with Gasteiger partial charge in [0.25, 0.3) is 11.5 Å². The van der Waals surface area contributed by atoms with E-state index in [1.807, 2.05) is 18.2 Å². The molecule has 1 atom stereocenters. The van der Waals surface area contributed by atoms with Crippen LogP contribution in [0.3, 0.4) is 0 Å². The van der Waals surface area contributed by atoms with Crippen molar-refractivity contribution in [1.29, 1.82) is 0 Å². The Balaban J connectivity index is 0.00000208. The molecule has 1 unspecified atom stereocenters. The van der Waals surface area contributed by atoms with E-state index in [9.17, 15) is 9.59 Å². The SMILES string of the molecule is Cl.NCC(NC(=O)c1cc2ccccc2c(=O)[nH]1)C1CCCCC1. The van der Waals surface area contributed by atoms with Gasteiger partial charge in [0, 0.05) is 18.0 Å². The molecule has 1 saturated carbocycles. The van der Waals surface area contributed by atoms with Gasteiger partial charge in [-0.15, -0.1) is 12.4 Å². The predicted molar refractivity (Wildman–Crippen MR) is 98.7 cm³/mol. The summed E-state index contributed by atoms with van der Waals surface area (Å²) < 4.78 is 0. The van der Waals surface area contributed by atoms with Gasteiger partial charge in [-0.25, -0.2) is 0 Å². The third kappa shape index (κ3) is 3.97. The van der Waals surface area contributed by atoms with Crippen LogP contribution in [0, 0.1) is 5.92 Å². The molecule has 4 N–H and O–H groups in total. The van der Waals surface area contributed by atoms with Crippen molar-refractivity contribution in [3.63, 3.8) is 0 Å². The summed E-state index contributed by atoms with van der Waals surface area (Å²) >= 11 is 0. The topological polar surface area (TPSA) is 88.0 Å². The number of hydrogen-bond donors (Lipinski definition) is 3. The minimum atomic E-state index is -0.256. The molecule has 1 aromatic carbocycles. The highest BCUT2D eigenvalue weighted by Gasteiger charge is 2.24. The number of pyridine rings is 1. The first-order valence-corrected chi connectivity index (χ1v) is 8.32. The molecule has 1 amide bonds. The van der Waals surface area contributed by atoms with Crippen LogP contribution in [0.1, 0.15) is 42.6 Å². The lowest BCUT2D eigenvalue weighted by atomic mass is 9.84. The summed E-state index contributed by atoms with van der Waals surface area (Å²) in [5.74, 6) is 0.179. The molecule has 3 rings (SSSR count). The van der Waals surface area contributed by atoms with Gasteiger partial charge in [-0.3, -0.25) is 9.59 Å². The molecule has 0 bridgehead atoms. The number of aromatic amines is 1. The first kappa shape index (κ1) is 18.5. The van der Waals surface area contributed by atoms with Crippen LogP contribution in [0.15, 0.2) is 35.1 Å². The van der Waals surface area contributed by atoms with Crippen molar-refractivity contribution in [3.8, 4) is 0 Å². The molecule has 0 saturated heterocycles. The molecule has 1 aliphatic carbocycles. The third-order valence-corrected chi connectivity index (χ3v) is 4.79. The largest absolute Gasteiger partial charge is 0.346 e. The van der Waals surface area contributed by atoms with Crippen LogP contribution in [-0.2, 0) is 0 Å². The molecule has 1 aliphatic rings.